The molecule has 0 bridgehead atoms. The number of carbonyl (C=O) groups excluding carboxylic acids is 1. The number of hydrogen-bond acceptors (Lipinski definition) is 3. The summed E-state index contributed by atoms with van der Waals surface area (Å²) in [4.78, 5) is 15.9. The second kappa shape index (κ2) is 11.1. The van der Waals surface area contributed by atoms with Crippen LogP contribution >= 0.6 is 23.2 Å². The number of amides is 1. The topological polar surface area (TPSA) is 74.8 Å². The zero-order valence-corrected chi connectivity index (χ0v) is 18.4. The van der Waals surface area contributed by atoms with Crippen molar-refractivity contribution < 1.29 is 9.53 Å². The molecule has 0 heterocycles. The number of rotatable bonds is 9. The lowest BCUT2D eigenvalue weighted by Gasteiger charge is -2.13. The van der Waals surface area contributed by atoms with Gasteiger partial charge in [-0.25, -0.2) is 0 Å². The van der Waals surface area contributed by atoms with Crippen molar-refractivity contribution in [3.63, 3.8) is 0 Å². The molecular formula is C22H26Cl2N4O2. The molecular weight excluding hydrogens is 423 g/mol. The lowest BCUT2D eigenvalue weighted by molar-refractivity contribution is -0.123. The molecule has 0 saturated heterocycles. The number of hydrogen-bond donors (Lipinski definition) is 3. The second-order valence-corrected chi connectivity index (χ2v) is 7.96. The zero-order valence-electron chi connectivity index (χ0n) is 16.9. The van der Waals surface area contributed by atoms with Gasteiger partial charge in [0.05, 0.1) is 0 Å². The van der Waals surface area contributed by atoms with Crippen molar-refractivity contribution in [3.8, 4) is 5.75 Å². The van der Waals surface area contributed by atoms with Crippen molar-refractivity contribution in [2.45, 2.75) is 31.8 Å². The van der Waals surface area contributed by atoms with Crippen molar-refractivity contribution in [3.05, 3.63) is 63.6 Å². The minimum Gasteiger partial charge on any atom is -0.484 e. The summed E-state index contributed by atoms with van der Waals surface area (Å²) in [5, 5.41) is 10.7. The van der Waals surface area contributed by atoms with Gasteiger partial charge in [-0.05, 0) is 54.7 Å². The van der Waals surface area contributed by atoms with Gasteiger partial charge in [0.25, 0.3) is 5.91 Å². The molecule has 3 N–H and O–H groups in total. The average Bonchev–Trinajstić information content (AvgIpc) is 3.55. The fraction of sp³-hybridized carbons (Fsp3) is 0.364. The normalized spacial score (nSPS) is 13.6. The van der Waals surface area contributed by atoms with E-state index < -0.39 is 0 Å². The number of nitrogens with one attached hydrogen (secondary N) is 3. The minimum absolute atomic E-state index is 0.0526. The van der Waals surface area contributed by atoms with Crippen LogP contribution in [0.25, 0.3) is 0 Å². The largest absolute Gasteiger partial charge is 0.484 e. The Kier molecular flexibility index (Phi) is 8.22. The van der Waals surface area contributed by atoms with E-state index in [1.807, 2.05) is 36.4 Å². The summed E-state index contributed by atoms with van der Waals surface area (Å²) < 4.78 is 5.53. The smallest absolute Gasteiger partial charge is 0.258 e. The number of guanidine groups is 1. The highest BCUT2D eigenvalue weighted by Crippen LogP contribution is 2.21. The van der Waals surface area contributed by atoms with Crippen LogP contribution < -0.4 is 20.7 Å². The van der Waals surface area contributed by atoms with Crippen LogP contribution in [0.3, 0.4) is 0 Å². The first-order chi connectivity index (χ1) is 14.5. The second-order valence-electron chi connectivity index (χ2n) is 7.11. The molecule has 3 rings (SSSR count). The molecule has 0 aliphatic heterocycles. The molecule has 0 atom stereocenters. The number of aliphatic imine (C=N–C) groups is 1. The Morgan fingerprint density at radius 2 is 1.90 bits per heavy atom. The van der Waals surface area contributed by atoms with Gasteiger partial charge in [-0.1, -0.05) is 41.4 Å². The molecule has 1 amide bonds. The predicted octanol–water partition coefficient (Wildman–Crippen LogP) is 3.56. The number of carbonyl (C=O) groups is 1. The number of benzene rings is 2. The van der Waals surface area contributed by atoms with Crippen LogP contribution in [-0.4, -0.2) is 38.1 Å². The van der Waals surface area contributed by atoms with Crippen LogP contribution in [0, 0.1) is 0 Å². The predicted molar refractivity (Wildman–Crippen MR) is 121 cm³/mol. The van der Waals surface area contributed by atoms with Gasteiger partial charge in [0.2, 0.25) is 0 Å². The number of halogens is 2. The van der Waals surface area contributed by atoms with Gasteiger partial charge in [-0.15, -0.1) is 0 Å². The van der Waals surface area contributed by atoms with Gasteiger partial charge in [0.15, 0.2) is 12.6 Å². The highest BCUT2D eigenvalue weighted by molar-refractivity contribution is 6.35. The van der Waals surface area contributed by atoms with E-state index in [0.717, 1.165) is 36.9 Å². The van der Waals surface area contributed by atoms with E-state index in [-0.39, 0.29) is 12.5 Å². The van der Waals surface area contributed by atoms with Crippen molar-refractivity contribution in [1.82, 2.24) is 16.0 Å². The van der Waals surface area contributed by atoms with E-state index in [4.69, 9.17) is 27.9 Å². The molecule has 0 unspecified atom stereocenters. The first-order valence-electron chi connectivity index (χ1n) is 9.93. The molecule has 160 valence electrons. The fourth-order valence-corrected chi connectivity index (χ4v) is 3.26. The SMILES string of the molecule is CN=C(NCCc1ccc(OCC(=O)NC2CC2)cc1)NCc1ccc(Cl)cc1Cl. The Morgan fingerprint density at radius 3 is 2.57 bits per heavy atom. The molecule has 6 nitrogen and oxygen atoms in total. The van der Waals surface area contributed by atoms with E-state index in [1.165, 1.54) is 0 Å². The van der Waals surface area contributed by atoms with E-state index in [9.17, 15) is 4.79 Å². The Balaban J connectivity index is 1.37. The molecule has 1 aliphatic rings. The summed E-state index contributed by atoms with van der Waals surface area (Å²) in [6.07, 6.45) is 2.97. The number of nitrogens with zero attached hydrogens (tertiary/aromatic N) is 1. The van der Waals surface area contributed by atoms with Gasteiger partial charge in [0, 0.05) is 36.2 Å². The molecule has 1 aliphatic carbocycles. The van der Waals surface area contributed by atoms with Gasteiger partial charge < -0.3 is 20.7 Å². The van der Waals surface area contributed by atoms with Crippen molar-refractivity contribution >= 4 is 35.1 Å². The van der Waals surface area contributed by atoms with E-state index in [1.54, 1.807) is 13.1 Å². The van der Waals surface area contributed by atoms with Crippen LogP contribution in [-0.2, 0) is 17.8 Å². The Hall–Kier alpha value is -2.44. The minimum atomic E-state index is -0.0652. The molecule has 2 aromatic rings. The van der Waals surface area contributed by atoms with Gasteiger partial charge in [-0.3, -0.25) is 9.79 Å². The molecule has 1 fully saturated rings. The molecule has 2 aromatic carbocycles. The Labute approximate surface area is 187 Å². The quantitative estimate of drug-likeness (QED) is 0.404. The fourth-order valence-electron chi connectivity index (χ4n) is 2.79. The highest BCUT2D eigenvalue weighted by atomic mass is 35.5. The van der Waals surface area contributed by atoms with Crippen LogP contribution in [0.15, 0.2) is 47.5 Å². The Bertz CT molecular complexity index is 883. The molecule has 1 saturated carbocycles. The third-order valence-electron chi connectivity index (χ3n) is 4.63. The summed E-state index contributed by atoms with van der Waals surface area (Å²) >= 11 is 12.1. The van der Waals surface area contributed by atoms with Gasteiger partial charge >= 0.3 is 0 Å². The standard InChI is InChI=1S/C22H26Cl2N4O2/c1-25-22(27-13-16-4-5-17(23)12-20(16)24)26-11-10-15-2-8-19(9-3-15)30-14-21(29)28-18-6-7-18/h2-5,8-9,12,18H,6-7,10-11,13-14H2,1H3,(H,28,29)(H2,25,26,27). The summed E-state index contributed by atoms with van der Waals surface area (Å²) in [5.41, 5.74) is 2.11. The monoisotopic (exact) mass is 448 g/mol. The third kappa shape index (κ3) is 7.43. The maximum Gasteiger partial charge on any atom is 0.258 e. The van der Waals surface area contributed by atoms with Gasteiger partial charge in [-0.2, -0.15) is 0 Å². The van der Waals surface area contributed by atoms with Crippen LogP contribution in [0.5, 0.6) is 5.75 Å². The first-order valence-corrected chi connectivity index (χ1v) is 10.7. The van der Waals surface area contributed by atoms with Crippen LogP contribution in [0.2, 0.25) is 10.0 Å². The summed E-state index contributed by atoms with van der Waals surface area (Å²) in [6.45, 7) is 1.32. The van der Waals surface area contributed by atoms with E-state index in [2.05, 4.69) is 20.9 Å². The third-order valence-corrected chi connectivity index (χ3v) is 5.21. The zero-order chi connectivity index (χ0) is 21.3. The lowest BCUT2D eigenvalue weighted by atomic mass is 10.1. The molecule has 0 spiro atoms. The lowest BCUT2D eigenvalue weighted by Crippen LogP contribution is -2.37. The summed E-state index contributed by atoms with van der Waals surface area (Å²) in [7, 11) is 1.73. The maximum atomic E-state index is 11.7. The molecule has 30 heavy (non-hydrogen) atoms. The molecule has 8 heteroatoms. The van der Waals surface area contributed by atoms with Crippen LogP contribution in [0.4, 0.5) is 0 Å². The first kappa shape index (κ1) is 22.2. The Morgan fingerprint density at radius 1 is 1.13 bits per heavy atom. The molecule has 0 aromatic heterocycles. The van der Waals surface area contributed by atoms with Gasteiger partial charge in [0.1, 0.15) is 5.75 Å². The van der Waals surface area contributed by atoms with E-state index in [0.29, 0.717) is 34.3 Å². The summed E-state index contributed by atoms with van der Waals surface area (Å²) in [5.74, 6) is 1.32. The number of ether oxygens (including phenoxy) is 1. The van der Waals surface area contributed by atoms with E-state index >= 15 is 0 Å². The molecule has 0 radical (unpaired) electrons. The van der Waals surface area contributed by atoms with Crippen molar-refractivity contribution in [2.75, 3.05) is 20.2 Å². The maximum absolute atomic E-state index is 11.7. The van der Waals surface area contributed by atoms with Crippen molar-refractivity contribution in [1.29, 1.82) is 0 Å². The van der Waals surface area contributed by atoms with Crippen LogP contribution in [0.1, 0.15) is 24.0 Å². The highest BCUT2D eigenvalue weighted by Gasteiger charge is 2.23. The average molecular weight is 449 g/mol. The van der Waals surface area contributed by atoms with Crippen molar-refractivity contribution in [2.24, 2.45) is 4.99 Å². The summed E-state index contributed by atoms with van der Waals surface area (Å²) in [6, 6.07) is 13.6.